The molecule has 0 fully saturated rings. The van der Waals surface area contributed by atoms with Crippen molar-refractivity contribution in [1.82, 2.24) is 10.3 Å². The molecule has 0 saturated heterocycles. The molecule has 0 amide bonds. The molecule has 2 rings (SSSR count). The van der Waals surface area contributed by atoms with Crippen LogP contribution in [0.15, 0.2) is 24.3 Å². The van der Waals surface area contributed by atoms with E-state index in [0.717, 1.165) is 13.0 Å². The van der Waals surface area contributed by atoms with Crippen LogP contribution in [0.2, 0.25) is 0 Å². The van der Waals surface area contributed by atoms with E-state index in [1.807, 2.05) is 11.3 Å². The van der Waals surface area contributed by atoms with Crippen molar-refractivity contribution >= 4 is 11.3 Å². The summed E-state index contributed by atoms with van der Waals surface area (Å²) in [5.74, 6) is 0.574. The Labute approximate surface area is 132 Å². The van der Waals surface area contributed by atoms with Crippen LogP contribution in [-0.2, 0) is 6.42 Å². The van der Waals surface area contributed by atoms with Crippen LogP contribution in [0.1, 0.15) is 66.4 Å². The van der Waals surface area contributed by atoms with Crippen LogP contribution in [0.5, 0.6) is 0 Å². The summed E-state index contributed by atoms with van der Waals surface area (Å²) in [6.07, 6.45) is 1.01. The van der Waals surface area contributed by atoms with Gasteiger partial charge in [-0.2, -0.15) is 0 Å². The molecule has 3 heteroatoms. The number of nitrogens with one attached hydrogen (secondary N) is 1. The van der Waals surface area contributed by atoms with Crippen LogP contribution in [0, 0.1) is 6.92 Å². The molecule has 1 aromatic heterocycles. The first-order valence-corrected chi connectivity index (χ1v) is 8.67. The summed E-state index contributed by atoms with van der Waals surface area (Å²) < 4.78 is 0. The van der Waals surface area contributed by atoms with Crippen LogP contribution >= 0.6 is 11.3 Å². The third kappa shape index (κ3) is 3.72. The minimum absolute atomic E-state index is 0.209. The Morgan fingerprint density at radius 1 is 1.10 bits per heavy atom. The molecular weight excluding hydrogens is 276 g/mol. The highest BCUT2D eigenvalue weighted by Gasteiger charge is 2.18. The third-order valence-electron chi connectivity index (χ3n) is 3.84. The molecule has 1 unspecified atom stereocenters. The van der Waals surface area contributed by atoms with E-state index in [-0.39, 0.29) is 6.04 Å². The molecular formula is C18H26N2S. The molecule has 21 heavy (non-hydrogen) atoms. The van der Waals surface area contributed by atoms with Gasteiger partial charge in [0.05, 0.1) is 11.7 Å². The smallest absolute Gasteiger partial charge is 0.115 e. The van der Waals surface area contributed by atoms with Crippen molar-refractivity contribution in [2.75, 3.05) is 6.54 Å². The second kappa shape index (κ2) is 7.19. The number of thiazole rings is 1. The second-order valence-corrected chi connectivity index (χ2v) is 6.96. The summed E-state index contributed by atoms with van der Waals surface area (Å²) in [5, 5.41) is 4.76. The summed E-state index contributed by atoms with van der Waals surface area (Å²) in [6, 6.07) is 9.17. The van der Waals surface area contributed by atoms with Crippen LogP contribution in [0.3, 0.4) is 0 Å². The normalized spacial score (nSPS) is 12.9. The summed E-state index contributed by atoms with van der Waals surface area (Å²) in [6.45, 7) is 11.9. The molecule has 0 aliphatic carbocycles. The highest BCUT2D eigenvalue weighted by Crippen LogP contribution is 2.29. The van der Waals surface area contributed by atoms with Crippen LogP contribution in [-0.4, -0.2) is 11.5 Å². The quantitative estimate of drug-likeness (QED) is 0.826. The van der Waals surface area contributed by atoms with E-state index in [1.165, 1.54) is 26.7 Å². The van der Waals surface area contributed by atoms with E-state index >= 15 is 0 Å². The van der Waals surface area contributed by atoms with E-state index in [9.17, 15) is 0 Å². The predicted molar refractivity (Wildman–Crippen MR) is 92.3 cm³/mol. The van der Waals surface area contributed by atoms with E-state index < -0.39 is 0 Å². The van der Waals surface area contributed by atoms with Crippen molar-refractivity contribution < 1.29 is 0 Å². The van der Waals surface area contributed by atoms with Gasteiger partial charge in [-0.15, -0.1) is 11.3 Å². The number of benzene rings is 1. The first-order valence-electron chi connectivity index (χ1n) is 7.86. The Hall–Kier alpha value is -1.19. The first kappa shape index (κ1) is 16.2. The molecule has 0 radical (unpaired) electrons. The van der Waals surface area contributed by atoms with Gasteiger partial charge in [0.2, 0.25) is 0 Å². The lowest BCUT2D eigenvalue weighted by molar-refractivity contribution is 0.625. The average molecular weight is 302 g/mol. The van der Waals surface area contributed by atoms with Gasteiger partial charge in [-0.25, -0.2) is 4.98 Å². The van der Waals surface area contributed by atoms with E-state index in [2.05, 4.69) is 64.2 Å². The molecule has 1 atom stereocenters. The topological polar surface area (TPSA) is 24.9 Å². The Morgan fingerprint density at radius 3 is 2.19 bits per heavy atom. The molecule has 0 aliphatic heterocycles. The summed E-state index contributed by atoms with van der Waals surface area (Å²) in [7, 11) is 0. The van der Waals surface area contributed by atoms with Gasteiger partial charge in [-0.1, -0.05) is 52.0 Å². The van der Waals surface area contributed by atoms with Crippen molar-refractivity contribution in [3.8, 4) is 0 Å². The monoisotopic (exact) mass is 302 g/mol. The lowest BCUT2D eigenvalue weighted by atomic mass is 9.99. The maximum Gasteiger partial charge on any atom is 0.115 e. The SMILES string of the molecule is CCNC(c1ccc(C(C)C)cc1)c1nc(CC)c(C)s1. The zero-order chi connectivity index (χ0) is 15.4. The maximum atomic E-state index is 4.84. The predicted octanol–water partition coefficient (Wildman–Crippen LogP) is 4.84. The maximum absolute atomic E-state index is 4.84. The number of aromatic nitrogens is 1. The fourth-order valence-corrected chi connectivity index (χ4v) is 3.64. The standard InChI is InChI=1S/C18H26N2S/c1-6-16-13(5)21-18(20-16)17(19-7-2)15-10-8-14(9-11-15)12(3)4/h8-12,17,19H,6-7H2,1-5H3. The molecule has 2 nitrogen and oxygen atoms in total. The van der Waals surface area contributed by atoms with Crippen molar-refractivity contribution in [3.05, 3.63) is 51.0 Å². The first-order chi connectivity index (χ1) is 10.1. The molecule has 114 valence electrons. The minimum Gasteiger partial charge on any atom is -0.305 e. The molecule has 1 N–H and O–H groups in total. The fourth-order valence-electron chi connectivity index (χ4n) is 2.53. The molecule has 1 aromatic carbocycles. The summed E-state index contributed by atoms with van der Waals surface area (Å²) in [4.78, 5) is 6.18. The van der Waals surface area contributed by atoms with Gasteiger partial charge in [0.15, 0.2) is 0 Å². The Morgan fingerprint density at radius 2 is 1.71 bits per heavy atom. The van der Waals surface area contributed by atoms with Crippen LogP contribution in [0.4, 0.5) is 0 Å². The van der Waals surface area contributed by atoms with E-state index in [0.29, 0.717) is 5.92 Å². The average Bonchev–Trinajstić information content (AvgIpc) is 2.85. The van der Waals surface area contributed by atoms with Gasteiger partial charge in [0.25, 0.3) is 0 Å². The Balaban J connectivity index is 2.33. The van der Waals surface area contributed by atoms with Gasteiger partial charge in [0.1, 0.15) is 5.01 Å². The molecule has 0 spiro atoms. The van der Waals surface area contributed by atoms with Crippen LogP contribution < -0.4 is 5.32 Å². The highest BCUT2D eigenvalue weighted by molar-refractivity contribution is 7.11. The number of hydrogen-bond donors (Lipinski definition) is 1. The highest BCUT2D eigenvalue weighted by atomic mass is 32.1. The summed E-state index contributed by atoms with van der Waals surface area (Å²) >= 11 is 1.82. The van der Waals surface area contributed by atoms with Crippen LogP contribution in [0.25, 0.3) is 0 Å². The van der Waals surface area contributed by atoms with Gasteiger partial charge in [-0.05, 0) is 36.9 Å². The largest absolute Gasteiger partial charge is 0.305 e. The zero-order valence-corrected chi connectivity index (χ0v) is 14.6. The number of rotatable bonds is 6. The number of nitrogens with zero attached hydrogens (tertiary/aromatic N) is 1. The number of hydrogen-bond acceptors (Lipinski definition) is 3. The van der Waals surface area contributed by atoms with Gasteiger partial charge in [0, 0.05) is 4.88 Å². The Bertz CT molecular complexity index is 569. The third-order valence-corrected chi connectivity index (χ3v) is 4.91. The van der Waals surface area contributed by atoms with E-state index in [4.69, 9.17) is 4.98 Å². The number of aryl methyl sites for hydroxylation is 2. The van der Waals surface area contributed by atoms with Crippen molar-refractivity contribution in [3.63, 3.8) is 0 Å². The fraction of sp³-hybridized carbons (Fsp3) is 0.500. The molecule has 1 heterocycles. The molecule has 0 bridgehead atoms. The van der Waals surface area contributed by atoms with E-state index in [1.54, 1.807) is 0 Å². The van der Waals surface area contributed by atoms with Gasteiger partial charge < -0.3 is 5.32 Å². The lowest BCUT2D eigenvalue weighted by Crippen LogP contribution is -2.22. The lowest BCUT2D eigenvalue weighted by Gasteiger charge is -2.17. The van der Waals surface area contributed by atoms with Crippen molar-refractivity contribution in [2.45, 2.75) is 53.0 Å². The molecule has 0 saturated carbocycles. The molecule has 2 aromatic rings. The minimum atomic E-state index is 0.209. The van der Waals surface area contributed by atoms with Gasteiger partial charge >= 0.3 is 0 Å². The zero-order valence-electron chi connectivity index (χ0n) is 13.7. The second-order valence-electron chi connectivity index (χ2n) is 5.72. The Kier molecular flexibility index (Phi) is 5.54. The van der Waals surface area contributed by atoms with Gasteiger partial charge in [-0.3, -0.25) is 0 Å². The molecule has 0 aliphatic rings. The van der Waals surface area contributed by atoms with Crippen molar-refractivity contribution in [1.29, 1.82) is 0 Å². The summed E-state index contributed by atoms with van der Waals surface area (Å²) in [5.41, 5.74) is 3.92. The van der Waals surface area contributed by atoms with Crippen molar-refractivity contribution in [2.24, 2.45) is 0 Å².